The molecule has 1 N–H and O–H groups in total. The van der Waals surface area contributed by atoms with E-state index in [4.69, 9.17) is 11.6 Å². The lowest BCUT2D eigenvalue weighted by Crippen LogP contribution is -2.22. The standard InChI is InChI=1S/C12H17BrClN/c1-9(2)8-15-6-5-10-7-11(13)3-4-12(10)14/h3-4,7,9,15H,5-6,8H2,1-2H3. The van der Waals surface area contributed by atoms with Gasteiger partial charge in [-0.3, -0.25) is 0 Å². The summed E-state index contributed by atoms with van der Waals surface area (Å²) in [6.45, 7) is 6.46. The molecule has 0 radical (unpaired) electrons. The van der Waals surface area contributed by atoms with Gasteiger partial charge >= 0.3 is 0 Å². The molecular formula is C12H17BrClN. The number of rotatable bonds is 5. The normalized spacial score (nSPS) is 11.0. The maximum Gasteiger partial charge on any atom is 0.0439 e. The van der Waals surface area contributed by atoms with E-state index in [1.807, 2.05) is 12.1 Å². The number of halogens is 2. The van der Waals surface area contributed by atoms with Crippen LogP contribution < -0.4 is 5.32 Å². The summed E-state index contributed by atoms with van der Waals surface area (Å²) in [7, 11) is 0. The van der Waals surface area contributed by atoms with Gasteiger partial charge in [0.1, 0.15) is 0 Å². The van der Waals surface area contributed by atoms with Crippen molar-refractivity contribution in [2.75, 3.05) is 13.1 Å². The molecule has 0 saturated heterocycles. The Hall–Kier alpha value is -0.0500. The number of hydrogen-bond acceptors (Lipinski definition) is 1. The molecule has 1 aromatic carbocycles. The highest BCUT2D eigenvalue weighted by molar-refractivity contribution is 9.10. The minimum Gasteiger partial charge on any atom is -0.316 e. The lowest BCUT2D eigenvalue weighted by Gasteiger charge is -2.08. The van der Waals surface area contributed by atoms with Crippen LogP contribution in [-0.4, -0.2) is 13.1 Å². The first-order valence-electron chi connectivity index (χ1n) is 5.24. The van der Waals surface area contributed by atoms with E-state index in [-0.39, 0.29) is 0 Å². The van der Waals surface area contributed by atoms with Gasteiger partial charge < -0.3 is 5.32 Å². The van der Waals surface area contributed by atoms with Gasteiger partial charge in [-0.15, -0.1) is 0 Å². The van der Waals surface area contributed by atoms with E-state index in [1.54, 1.807) is 0 Å². The van der Waals surface area contributed by atoms with Crippen LogP contribution >= 0.6 is 27.5 Å². The topological polar surface area (TPSA) is 12.0 Å². The maximum absolute atomic E-state index is 6.09. The fourth-order valence-corrected chi connectivity index (χ4v) is 1.97. The van der Waals surface area contributed by atoms with Crippen LogP contribution in [0.1, 0.15) is 19.4 Å². The first-order valence-corrected chi connectivity index (χ1v) is 6.41. The first-order chi connectivity index (χ1) is 7.09. The molecule has 84 valence electrons. The highest BCUT2D eigenvalue weighted by Crippen LogP contribution is 2.21. The Kier molecular flexibility index (Phi) is 5.65. The lowest BCUT2D eigenvalue weighted by molar-refractivity contribution is 0.554. The molecule has 0 atom stereocenters. The summed E-state index contributed by atoms with van der Waals surface area (Å²) in [6, 6.07) is 5.98. The molecule has 0 aliphatic carbocycles. The highest BCUT2D eigenvalue weighted by atomic mass is 79.9. The summed E-state index contributed by atoms with van der Waals surface area (Å²) in [5.74, 6) is 0.697. The quantitative estimate of drug-likeness (QED) is 0.811. The molecule has 0 spiro atoms. The van der Waals surface area contributed by atoms with Gasteiger partial charge in [-0.1, -0.05) is 41.4 Å². The molecule has 1 rings (SSSR count). The summed E-state index contributed by atoms with van der Waals surface area (Å²) >= 11 is 9.54. The van der Waals surface area contributed by atoms with Crippen LogP contribution in [0.4, 0.5) is 0 Å². The average Bonchev–Trinajstić information content (AvgIpc) is 2.17. The molecule has 0 saturated carbocycles. The molecule has 0 aromatic heterocycles. The van der Waals surface area contributed by atoms with Gasteiger partial charge in [0.05, 0.1) is 0 Å². The van der Waals surface area contributed by atoms with Crippen LogP contribution in [0.2, 0.25) is 5.02 Å². The second-order valence-corrected chi connectivity index (χ2v) is 5.41. The minimum absolute atomic E-state index is 0.697. The van der Waals surface area contributed by atoms with Crippen molar-refractivity contribution in [2.45, 2.75) is 20.3 Å². The SMILES string of the molecule is CC(C)CNCCc1cc(Br)ccc1Cl. The van der Waals surface area contributed by atoms with Crippen LogP contribution in [0.5, 0.6) is 0 Å². The van der Waals surface area contributed by atoms with Gasteiger partial charge in [-0.25, -0.2) is 0 Å². The van der Waals surface area contributed by atoms with E-state index < -0.39 is 0 Å². The van der Waals surface area contributed by atoms with E-state index in [0.717, 1.165) is 29.0 Å². The van der Waals surface area contributed by atoms with Crippen molar-refractivity contribution in [1.29, 1.82) is 0 Å². The first kappa shape index (κ1) is 13.0. The van der Waals surface area contributed by atoms with Crippen LogP contribution in [0.3, 0.4) is 0 Å². The number of nitrogens with one attached hydrogen (secondary N) is 1. The molecule has 0 fully saturated rings. The molecule has 15 heavy (non-hydrogen) atoms. The molecule has 0 heterocycles. The second-order valence-electron chi connectivity index (χ2n) is 4.08. The molecule has 0 unspecified atom stereocenters. The van der Waals surface area contributed by atoms with Crippen molar-refractivity contribution >= 4 is 27.5 Å². The van der Waals surface area contributed by atoms with Crippen molar-refractivity contribution in [3.8, 4) is 0 Å². The molecule has 0 aliphatic heterocycles. The molecule has 3 heteroatoms. The van der Waals surface area contributed by atoms with Crippen molar-refractivity contribution in [2.24, 2.45) is 5.92 Å². The van der Waals surface area contributed by atoms with Gasteiger partial charge in [0, 0.05) is 9.50 Å². The highest BCUT2D eigenvalue weighted by Gasteiger charge is 2.01. The Morgan fingerprint density at radius 2 is 2.13 bits per heavy atom. The zero-order valence-electron chi connectivity index (χ0n) is 9.19. The zero-order valence-corrected chi connectivity index (χ0v) is 11.5. The summed E-state index contributed by atoms with van der Waals surface area (Å²) in [4.78, 5) is 0. The largest absolute Gasteiger partial charge is 0.316 e. The van der Waals surface area contributed by atoms with E-state index in [2.05, 4.69) is 41.2 Å². The summed E-state index contributed by atoms with van der Waals surface area (Å²) in [5, 5.41) is 4.26. The third kappa shape index (κ3) is 5.01. The smallest absolute Gasteiger partial charge is 0.0439 e. The van der Waals surface area contributed by atoms with Crippen LogP contribution in [-0.2, 0) is 6.42 Å². The van der Waals surface area contributed by atoms with Gasteiger partial charge in [0.15, 0.2) is 0 Å². The van der Waals surface area contributed by atoms with Crippen LogP contribution in [0.15, 0.2) is 22.7 Å². The predicted octanol–water partition coefficient (Wildman–Crippen LogP) is 3.89. The van der Waals surface area contributed by atoms with Gasteiger partial charge in [-0.05, 0) is 49.2 Å². The van der Waals surface area contributed by atoms with E-state index >= 15 is 0 Å². The van der Waals surface area contributed by atoms with Crippen molar-refractivity contribution in [3.05, 3.63) is 33.3 Å². The van der Waals surface area contributed by atoms with Gasteiger partial charge in [0.2, 0.25) is 0 Å². The Morgan fingerprint density at radius 3 is 2.80 bits per heavy atom. The Labute approximate surface area is 105 Å². The van der Waals surface area contributed by atoms with Gasteiger partial charge in [0.25, 0.3) is 0 Å². The van der Waals surface area contributed by atoms with E-state index in [9.17, 15) is 0 Å². The average molecular weight is 291 g/mol. The van der Waals surface area contributed by atoms with Crippen LogP contribution in [0.25, 0.3) is 0 Å². The van der Waals surface area contributed by atoms with Crippen LogP contribution in [0, 0.1) is 5.92 Å². The third-order valence-electron chi connectivity index (χ3n) is 2.13. The number of hydrogen-bond donors (Lipinski definition) is 1. The van der Waals surface area contributed by atoms with Crippen molar-refractivity contribution in [1.82, 2.24) is 5.32 Å². The number of benzene rings is 1. The minimum atomic E-state index is 0.697. The fourth-order valence-electron chi connectivity index (χ4n) is 1.35. The third-order valence-corrected chi connectivity index (χ3v) is 2.99. The van der Waals surface area contributed by atoms with Crippen molar-refractivity contribution in [3.63, 3.8) is 0 Å². The Bertz CT molecular complexity index is 312. The molecule has 0 amide bonds. The summed E-state index contributed by atoms with van der Waals surface area (Å²) in [6.07, 6.45) is 0.977. The fraction of sp³-hybridized carbons (Fsp3) is 0.500. The van der Waals surface area contributed by atoms with E-state index in [1.165, 1.54) is 5.56 Å². The molecule has 0 aliphatic rings. The summed E-state index contributed by atoms with van der Waals surface area (Å²) in [5.41, 5.74) is 1.20. The Morgan fingerprint density at radius 1 is 1.40 bits per heavy atom. The summed E-state index contributed by atoms with van der Waals surface area (Å²) < 4.78 is 1.09. The predicted molar refractivity (Wildman–Crippen MR) is 70.6 cm³/mol. The molecule has 1 nitrogen and oxygen atoms in total. The zero-order chi connectivity index (χ0) is 11.3. The second kappa shape index (κ2) is 6.51. The van der Waals surface area contributed by atoms with E-state index in [0.29, 0.717) is 5.92 Å². The molecule has 1 aromatic rings. The lowest BCUT2D eigenvalue weighted by atomic mass is 10.1. The van der Waals surface area contributed by atoms with Crippen molar-refractivity contribution < 1.29 is 0 Å². The van der Waals surface area contributed by atoms with Gasteiger partial charge in [-0.2, -0.15) is 0 Å². The maximum atomic E-state index is 6.09. The monoisotopic (exact) mass is 289 g/mol. The Balaban J connectivity index is 2.40. The molecule has 0 bridgehead atoms. The molecular weight excluding hydrogens is 273 g/mol.